The van der Waals surface area contributed by atoms with Crippen LogP contribution in [0.2, 0.25) is 0 Å². The first-order valence-corrected chi connectivity index (χ1v) is 9.27. The molecule has 0 spiro atoms. The molecule has 1 aromatic carbocycles. The molecule has 27 heavy (non-hydrogen) atoms. The second-order valence-corrected chi connectivity index (χ2v) is 7.38. The molecule has 0 amide bonds. The Bertz CT molecular complexity index is 884. The molecule has 0 saturated carbocycles. The van der Waals surface area contributed by atoms with Gasteiger partial charge >= 0.3 is 12.0 Å². The minimum Gasteiger partial charge on any atom is -0.744 e. The van der Waals surface area contributed by atoms with E-state index in [9.17, 15) is 13.0 Å². The van der Waals surface area contributed by atoms with Gasteiger partial charge in [0.05, 0.1) is 32.3 Å². The van der Waals surface area contributed by atoms with Crippen molar-refractivity contribution >= 4 is 27.7 Å². The molecule has 1 aliphatic rings. The summed E-state index contributed by atoms with van der Waals surface area (Å²) >= 11 is 0. The standard InChI is InChI=1S/C15H19N5O5S.H2O/c1-20(7-9-25-10-8-20)14-17-13(18-15(19-14)24-2)16-11-3-5-12(6-4-11)26(21,22)23;/h3-6H,7-10H2,1-2H3,(H-,16,17,18,19,21,22,23);1H2. The summed E-state index contributed by atoms with van der Waals surface area (Å²) < 4.78 is 44.1. The zero-order chi connectivity index (χ0) is 18.8. The summed E-state index contributed by atoms with van der Waals surface area (Å²) in [6, 6.07) is 5.54. The molecule has 11 nitrogen and oxygen atoms in total. The molecule has 0 unspecified atom stereocenters. The molecule has 3 N–H and O–H groups in total. The zero-order valence-corrected chi connectivity index (χ0v) is 15.7. The number of likely N-dealkylation sites (N-methyl/N-ethyl adjacent to an activating group) is 1. The molecular weight excluding hydrogens is 378 g/mol. The lowest BCUT2D eigenvalue weighted by Gasteiger charge is -2.34. The van der Waals surface area contributed by atoms with Crippen molar-refractivity contribution in [3.05, 3.63) is 24.3 Å². The highest BCUT2D eigenvalue weighted by Crippen LogP contribution is 2.23. The summed E-state index contributed by atoms with van der Waals surface area (Å²) in [4.78, 5) is 12.7. The van der Waals surface area contributed by atoms with Gasteiger partial charge < -0.3 is 24.8 Å². The van der Waals surface area contributed by atoms with E-state index >= 15 is 0 Å². The third kappa shape index (κ3) is 4.87. The molecule has 1 aromatic heterocycles. The van der Waals surface area contributed by atoms with E-state index in [0.29, 0.717) is 29.3 Å². The van der Waals surface area contributed by atoms with Crippen molar-refractivity contribution in [2.75, 3.05) is 45.8 Å². The lowest BCUT2D eigenvalue weighted by molar-refractivity contribution is 0.0493. The molecule has 3 rings (SSSR count). The molecule has 1 saturated heterocycles. The van der Waals surface area contributed by atoms with Gasteiger partial charge in [0.2, 0.25) is 5.95 Å². The van der Waals surface area contributed by atoms with E-state index in [0.717, 1.165) is 13.1 Å². The van der Waals surface area contributed by atoms with Crippen LogP contribution in [0, 0.1) is 0 Å². The van der Waals surface area contributed by atoms with Crippen LogP contribution in [0.4, 0.5) is 17.6 Å². The Balaban J connectivity index is 0.00000261. The van der Waals surface area contributed by atoms with Gasteiger partial charge in [-0.1, -0.05) is 0 Å². The lowest BCUT2D eigenvalue weighted by atomic mass is 10.3. The van der Waals surface area contributed by atoms with Crippen molar-refractivity contribution in [2.45, 2.75) is 4.90 Å². The zero-order valence-electron chi connectivity index (χ0n) is 14.9. The fourth-order valence-electron chi connectivity index (χ4n) is 2.51. The predicted molar refractivity (Wildman–Crippen MR) is 96.0 cm³/mol. The summed E-state index contributed by atoms with van der Waals surface area (Å²) in [7, 11) is -1.01. The number of hydrogen-bond acceptors (Lipinski definition) is 9. The molecule has 0 atom stereocenters. The van der Waals surface area contributed by atoms with E-state index in [-0.39, 0.29) is 22.3 Å². The summed E-state index contributed by atoms with van der Waals surface area (Å²) in [5.41, 5.74) is 0.529. The highest BCUT2D eigenvalue weighted by Gasteiger charge is 2.32. The Hall–Kier alpha value is -2.38. The molecular formula is C15H21N5O6S. The first-order chi connectivity index (χ1) is 12.3. The number of morpholine rings is 1. The van der Waals surface area contributed by atoms with Crippen LogP contribution in [0.5, 0.6) is 6.01 Å². The number of rotatable bonds is 5. The molecule has 1 aliphatic heterocycles. The average molecular weight is 399 g/mol. The Morgan fingerprint density at radius 2 is 1.78 bits per heavy atom. The highest BCUT2D eigenvalue weighted by atomic mass is 32.2. The van der Waals surface area contributed by atoms with Gasteiger partial charge in [0.15, 0.2) is 0 Å². The Morgan fingerprint density at radius 3 is 2.33 bits per heavy atom. The SMILES string of the molecule is COc1nc(Nc2ccc(S(=O)(=O)[O-])cc2)nc([N+]2(C)CCOCC2)n1.O. The van der Waals surface area contributed by atoms with Crippen LogP contribution in [0.15, 0.2) is 29.2 Å². The minimum absolute atomic E-state index is 0. The van der Waals surface area contributed by atoms with Gasteiger partial charge in [0, 0.05) is 5.69 Å². The molecule has 0 aliphatic carbocycles. The maximum Gasteiger partial charge on any atom is 0.336 e. The van der Waals surface area contributed by atoms with Gasteiger partial charge in [-0.05, 0) is 24.3 Å². The quantitative estimate of drug-likeness (QED) is 0.525. The molecule has 2 heterocycles. The van der Waals surface area contributed by atoms with Crippen molar-refractivity contribution in [1.29, 1.82) is 0 Å². The van der Waals surface area contributed by atoms with Crippen molar-refractivity contribution in [3.8, 4) is 6.01 Å². The van der Waals surface area contributed by atoms with E-state index < -0.39 is 10.1 Å². The van der Waals surface area contributed by atoms with Crippen molar-refractivity contribution < 1.29 is 27.9 Å². The van der Waals surface area contributed by atoms with E-state index in [1.54, 1.807) is 0 Å². The van der Waals surface area contributed by atoms with Crippen molar-refractivity contribution in [2.24, 2.45) is 0 Å². The van der Waals surface area contributed by atoms with Crippen LogP contribution >= 0.6 is 0 Å². The molecule has 12 heteroatoms. The van der Waals surface area contributed by atoms with Crippen molar-refractivity contribution in [1.82, 2.24) is 19.4 Å². The van der Waals surface area contributed by atoms with E-state index in [2.05, 4.69) is 20.3 Å². The van der Waals surface area contributed by atoms with Crippen molar-refractivity contribution in [3.63, 3.8) is 0 Å². The number of benzene rings is 1. The van der Waals surface area contributed by atoms with Gasteiger partial charge in [-0.3, -0.25) is 4.48 Å². The summed E-state index contributed by atoms with van der Waals surface area (Å²) in [5, 5.41) is 2.97. The summed E-state index contributed by atoms with van der Waals surface area (Å²) in [6.45, 7) is 2.67. The molecule has 148 valence electrons. The number of nitrogens with zero attached hydrogens (tertiary/aromatic N) is 4. The van der Waals surface area contributed by atoms with Gasteiger partial charge in [-0.15, -0.1) is 9.97 Å². The van der Waals surface area contributed by atoms with Crippen LogP contribution in [-0.2, 0) is 14.9 Å². The van der Waals surface area contributed by atoms with Crippen LogP contribution in [0.1, 0.15) is 0 Å². The van der Waals surface area contributed by atoms with Gasteiger partial charge in [-0.2, -0.15) is 4.98 Å². The summed E-state index contributed by atoms with van der Waals surface area (Å²) in [6.07, 6.45) is 0. The van der Waals surface area contributed by atoms with Gasteiger partial charge in [0.25, 0.3) is 0 Å². The topological polar surface area (TPSA) is 158 Å². The number of ether oxygens (including phenoxy) is 2. The van der Waals surface area contributed by atoms with Crippen LogP contribution in [0.3, 0.4) is 0 Å². The van der Waals surface area contributed by atoms with E-state index in [1.165, 1.54) is 31.4 Å². The maximum atomic E-state index is 11.0. The normalized spacial score (nSPS) is 16.3. The van der Waals surface area contributed by atoms with E-state index in [4.69, 9.17) is 9.47 Å². The first kappa shape index (κ1) is 20.9. The highest BCUT2D eigenvalue weighted by molar-refractivity contribution is 7.85. The number of quaternary nitrogens is 1. The maximum absolute atomic E-state index is 11.0. The number of aromatic nitrogens is 3. The first-order valence-electron chi connectivity index (χ1n) is 7.86. The largest absolute Gasteiger partial charge is 0.744 e. The third-order valence-electron chi connectivity index (χ3n) is 4.13. The number of methoxy groups -OCH3 is 1. The Kier molecular flexibility index (Phi) is 6.28. The monoisotopic (exact) mass is 399 g/mol. The number of hydrogen-bond donors (Lipinski definition) is 1. The second kappa shape index (κ2) is 8.10. The molecule has 2 aromatic rings. The third-order valence-corrected chi connectivity index (χ3v) is 4.98. The molecule has 0 bridgehead atoms. The number of nitrogens with one attached hydrogen (secondary N) is 1. The van der Waals surface area contributed by atoms with Crippen LogP contribution in [-0.4, -0.2) is 73.9 Å². The predicted octanol–water partition coefficient (Wildman–Crippen LogP) is -0.330. The van der Waals surface area contributed by atoms with E-state index in [1.807, 2.05) is 7.05 Å². The fraction of sp³-hybridized carbons (Fsp3) is 0.400. The Labute approximate surface area is 156 Å². The smallest absolute Gasteiger partial charge is 0.336 e. The molecule has 0 radical (unpaired) electrons. The minimum atomic E-state index is -4.49. The van der Waals surface area contributed by atoms with Crippen LogP contribution < -0.4 is 14.5 Å². The molecule has 1 fully saturated rings. The number of anilines is 2. The second-order valence-electron chi connectivity index (χ2n) is 6.00. The average Bonchev–Trinajstić information content (AvgIpc) is 2.62. The van der Waals surface area contributed by atoms with Gasteiger partial charge in [0.1, 0.15) is 23.2 Å². The van der Waals surface area contributed by atoms with Crippen LogP contribution in [0.25, 0.3) is 0 Å². The summed E-state index contributed by atoms with van der Waals surface area (Å²) in [5.74, 6) is 0.803. The lowest BCUT2D eigenvalue weighted by Crippen LogP contribution is -2.54. The fourth-order valence-corrected chi connectivity index (χ4v) is 2.98. The Morgan fingerprint density at radius 1 is 1.15 bits per heavy atom. The van der Waals surface area contributed by atoms with Gasteiger partial charge in [-0.25, -0.2) is 8.42 Å².